The van der Waals surface area contributed by atoms with Gasteiger partial charge in [0.25, 0.3) is 0 Å². The number of hydrogen-bond donors (Lipinski definition) is 2. The van der Waals surface area contributed by atoms with Crippen LogP contribution in [0, 0.1) is 6.92 Å². The van der Waals surface area contributed by atoms with Gasteiger partial charge in [0.05, 0.1) is 0 Å². The normalized spacial score (nSPS) is 10.3. The lowest BCUT2D eigenvalue weighted by Gasteiger charge is -2.10. The lowest BCUT2D eigenvalue weighted by atomic mass is 10.0. The predicted octanol–water partition coefficient (Wildman–Crippen LogP) is 3.03. The lowest BCUT2D eigenvalue weighted by Crippen LogP contribution is -2.14. The molecule has 0 saturated heterocycles. The Kier molecular flexibility index (Phi) is 4.91. The van der Waals surface area contributed by atoms with Gasteiger partial charge in [0, 0.05) is 18.7 Å². The number of nitrogens with one attached hydrogen (secondary N) is 1. The number of anilines is 1. The van der Waals surface area contributed by atoms with E-state index in [1.807, 2.05) is 36.4 Å². The Morgan fingerprint density at radius 2 is 1.70 bits per heavy atom. The first kappa shape index (κ1) is 14.3. The molecule has 2 aromatic carbocycles. The van der Waals surface area contributed by atoms with Crippen molar-refractivity contribution in [3.8, 4) is 0 Å². The van der Waals surface area contributed by atoms with Gasteiger partial charge in [-0.15, -0.1) is 0 Å². The van der Waals surface area contributed by atoms with Gasteiger partial charge in [-0.2, -0.15) is 0 Å². The number of benzene rings is 2. The van der Waals surface area contributed by atoms with Gasteiger partial charge >= 0.3 is 0 Å². The maximum absolute atomic E-state index is 12.0. The number of carbonyl (C=O) groups excluding carboxylic acids is 1. The number of rotatable bonds is 5. The molecule has 104 valence electrons. The minimum absolute atomic E-state index is 0.0224. The molecule has 0 saturated carbocycles. The summed E-state index contributed by atoms with van der Waals surface area (Å²) in [5, 5.41) is 2.93. The van der Waals surface area contributed by atoms with Crippen LogP contribution in [0.15, 0.2) is 48.5 Å². The Morgan fingerprint density at radius 1 is 1.05 bits per heavy atom. The SMILES string of the molecule is Cc1ccccc1CCC(=O)Nc1ccccc1CN. The lowest BCUT2D eigenvalue weighted by molar-refractivity contribution is -0.116. The Labute approximate surface area is 119 Å². The molecule has 2 aromatic rings. The summed E-state index contributed by atoms with van der Waals surface area (Å²) in [6.07, 6.45) is 1.23. The number of para-hydroxylation sites is 1. The average molecular weight is 268 g/mol. The van der Waals surface area contributed by atoms with E-state index in [-0.39, 0.29) is 5.91 Å². The molecular weight excluding hydrogens is 248 g/mol. The van der Waals surface area contributed by atoms with E-state index < -0.39 is 0 Å². The van der Waals surface area contributed by atoms with Gasteiger partial charge in [0.1, 0.15) is 0 Å². The van der Waals surface area contributed by atoms with E-state index in [9.17, 15) is 4.79 Å². The molecule has 0 unspecified atom stereocenters. The molecule has 1 amide bonds. The molecule has 3 nitrogen and oxygen atoms in total. The summed E-state index contributed by atoms with van der Waals surface area (Å²) in [5.41, 5.74) is 9.87. The van der Waals surface area contributed by atoms with Gasteiger partial charge in [0.2, 0.25) is 5.91 Å². The van der Waals surface area contributed by atoms with Crippen LogP contribution in [0.2, 0.25) is 0 Å². The molecule has 0 spiro atoms. The maximum Gasteiger partial charge on any atom is 0.224 e. The summed E-state index contributed by atoms with van der Waals surface area (Å²) in [6, 6.07) is 15.8. The van der Waals surface area contributed by atoms with Crippen molar-refractivity contribution in [2.45, 2.75) is 26.3 Å². The molecule has 0 heterocycles. The molecule has 3 heteroatoms. The quantitative estimate of drug-likeness (QED) is 0.875. The molecular formula is C17H20N2O. The molecule has 0 fully saturated rings. The Balaban J connectivity index is 1.95. The molecule has 0 aliphatic heterocycles. The van der Waals surface area contributed by atoms with E-state index >= 15 is 0 Å². The molecule has 0 atom stereocenters. The largest absolute Gasteiger partial charge is 0.326 e. The third kappa shape index (κ3) is 3.68. The second-order valence-corrected chi connectivity index (χ2v) is 4.84. The predicted molar refractivity (Wildman–Crippen MR) is 82.5 cm³/mol. The van der Waals surface area contributed by atoms with Crippen molar-refractivity contribution in [2.75, 3.05) is 5.32 Å². The number of aryl methyl sites for hydroxylation is 2. The summed E-state index contributed by atoms with van der Waals surface area (Å²) in [4.78, 5) is 12.0. The summed E-state index contributed by atoms with van der Waals surface area (Å²) in [6.45, 7) is 2.49. The maximum atomic E-state index is 12.0. The van der Waals surface area contributed by atoms with E-state index in [0.29, 0.717) is 13.0 Å². The van der Waals surface area contributed by atoms with E-state index in [1.54, 1.807) is 0 Å². The summed E-state index contributed by atoms with van der Waals surface area (Å²) < 4.78 is 0. The topological polar surface area (TPSA) is 55.1 Å². The van der Waals surface area contributed by atoms with Crippen molar-refractivity contribution in [1.82, 2.24) is 0 Å². The molecule has 2 rings (SSSR count). The highest BCUT2D eigenvalue weighted by Crippen LogP contribution is 2.15. The summed E-state index contributed by atoms with van der Waals surface area (Å²) in [5.74, 6) is 0.0224. The Bertz CT molecular complexity index is 593. The van der Waals surface area contributed by atoms with Crippen LogP contribution < -0.4 is 11.1 Å². The van der Waals surface area contributed by atoms with E-state index in [2.05, 4.69) is 24.4 Å². The van der Waals surface area contributed by atoms with Crippen molar-refractivity contribution in [2.24, 2.45) is 5.73 Å². The first-order valence-corrected chi connectivity index (χ1v) is 6.83. The third-order valence-electron chi connectivity index (χ3n) is 3.39. The van der Waals surface area contributed by atoms with E-state index in [4.69, 9.17) is 5.73 Å². The number of carbonyl (C=O) groups is 1. The zero-order valence-corrected chi connectivity index (χ0v) is 11.7. The smallest absolute Gasteiger partial charge is 0.224 e. The van der Waals surface area contributed by atoms with Crippen LogP contribution in [0.25, 0.3) is 0 Å². The van der Waals surface area contributed by atoms with Crippen LogP contribution in [0.5, 0.6) is 0 Å². The van der Waals surface area contributed by atoms with Crippen molar-refractivity contribution < 1.29 is 4.79 Å². The van der Waals surface area contributed by atoms with Crippen LogP contribution >= 0.6 is 0 Å². The van der Waals surface area contributed by atoms with E-state index in [0.717, 1.165) is 17.7 Å². The molecule has 0 aliphatic carbocycles. The molecule has 0 aliphatic rings. The van der Waals surface area contributed by atoms with Crippen molar-refractivity contribution in [3.05, 3.63) is 65.2 Å². The van der Waals surface area contributed by atoms with Crippen LogP contribution in [-0.2, 0) is 17.8 Å². The summed E-state index contributed by atoms with van der Waals surface area (Å²) in [7, 11) is 0. The van der Waals surface area contributed by atoms with Gasteiger partial charge in [-0.1, -0.05) is 42.5 Å². The molecule has 0 radical (unpaired) electrons. The van der Waals surface area contributed by atoms with Gasteiger partial charge in [-0.25, -0.2) is 0 Å². The molecule has 20 heavy (non-hydrogen) atoms. The highest BCUT2D eigenvalue weighted by Gasteiger charge is 2.06. The zero-order valence-electron chi connectivity index (χ0n) is 11.7. The standard InChI is InChI=1S/C17H20N2O/c1-13-6-2-3-7-14(13)10-11-17(20)19-16-9-5-4-8-15(16)12-18/h2-9H,10-12,18H2,1H3,(H,19,20). The second kappa shape index (κ2) is 6.87. The minimum atomic E-state index is 0.0224. The van der Waals surface area contributed by atoms with Gasteiger partial charge in [-0.3, -0.25) is 4.79 Å². The molecule has 3 N–H and O–H groups in total. The van der Waals surface area contributed by atoms with Crippen molar-refractivity contribution in [1.29, 1.82) is 0 Å². The zero-order chi connectivity index (χ0) is 14.4. The minimum Gasteiger partial charge on any atom is -0.326 e. The van der Waals surface area contributed by atoms with Crippen molar-refractivity contribution in [3.63, 3.8) is 0 Å². The monoisotopic (exact) mass is 268 g/mol. The highest BCUT2D eigenvalue weighted by molar-refractivity contribution is 5.91. The second-order valence-electron chi connectivity index (χ2n) is 4.84. The number of nitrogens with two attached hydrogens (primary N) is 1. The van der Waals surface area contributed by atoms with Gasteiger partial charge in [-0.05, 0) is 36.1 Å². The fourth-order valence-corrected chi connectivity index (χ4v) is 2.17. The van der Waals surface area contributed by atoms with Crippen LogP contribution in [0.1, 0.15) is 23.1 Å². The number of amides is 1. The van der Waals surface area contributed by atoms with Crippen LogP contribution in [-0.4, -0.2) is 5.91 Å². The van der Waals surface area contributed by atoms with Gasteiger partial charge < -0.3 is 11.1 Å². The molecule has 0 aromatic heterocycles. The number of hydrogen-bond acceptors (Lipinski definition) is 2. The Hall–Kier alpha value is -2.13. The Morgan fingerprint density at radius 3 is 2.40 bits per heavy atom. The first-order valence-electron chi connectivity index (χ1n) is 6.83. The average Bonchev–Trinajstić information content (AvgIpc) is 2.47. The van der Waals surface area contributed by atoms with Gasteiger partial charge in [0.15, 0.2) is 0 Å². The van der Waals surface area contributed by atoms with Crippen molar-refractivity contribution >= 4 is 11.6 Å². The fraction of sp³-hybridized carbons (Fsp3) is 0.235. The highest BCUT2D eigenvalue weighted by atomic mass is 16.1. The van der Waals surface area contributed by atoms with Crippen LogP contribution in [0.4, 0.5) is 5.69 Å². The third-order valence-corrected chi connectivity index (χ3v) is 3.39. The van der Waals surface area contributed by atoms with Crippen LogP contribution in [0.3, 0.4) is 0 Å². The van der Waals surface area contributed by atoms with E-state index in [1.165, 1.54) is 11.1 Å². The summed E-state index contributed by atoms with van der Waals surface area (Å²) >= 11 is 0. The molecule has 0 bridgehead atoms. The fourth-order valence-electron chi connectivity index (χ4n) is 2.17. The first-order chi connectivity index (χ1) is 9.70.